The number of ether oxygens (including phenoxy) is 2. The quantitative estimate of drug-likeness (QED) is 0.139. The highest BCUT2D eigenvalue weighted by Crippen LogP contribution is 2.42. The van der Waals surface area contributed by atoms with Crippen molar-refractivity contribution in [2.24, 2.45) is 17.8 Å². The van der Waals surface area contributed by atoms with Crippen LogP contribution in [0.15, 0.2) is 48.5 Å². The van der Waals surface area contributed by atoms with Gasteiger partial charge in [-0.1, -0.05) is 38.3 Å². The van der Waals surface area contributed by atoms with Gasteiger partial charge in [0.25, 0.3) is 0 Å². The molecule has 0 atom stereocenters. The number of unbranched alkanes of at least 4 members (excludes halogenated alkanes) is 1. The molecular formula is C33H35F9O2. The van der Waals surface area contributed by atoms with Gasteiger partial charge in [-0.25, -0.2) is 17.6 Å². The van der Waals surface area contributed by atoms with Crippen molar-refractivity contribution in [3.63, 3.8) is 0 Å². The fourth-order valence-electron chi connectivity index (χ4n) is 6.25. The molecule has 2 fully saturated rings. The molecule has 0 spiro atoms. The maximum atomic E-state index is 14.9. The van der Waals surface area contributed by atoms with Crippen LogP contribution in [0.5, 0.6) is 11.5 Å². The van der Waals surface area contributed by atoms with Crippen molar-refractivity contribution in [3.8, 4) is 11.5 Å². The van der Waals surface area contributed by atoms with E-state index >= 15 is 0 Å². The highest BCUT2D eigenvalue weighted by Gasteiger charge is 2.42. The smallest absolute Gasteiger partial charge is 0.429 e. The number of halogens is 9. The van der Waals surface area contributed by atoms with E-state index in [9.17, 15) is 39.5 Å². The predicted molar refractivity (Wildman–Crippen MR) is 147 cm³/mol. The van der Waals surface area contributed by atoms with Crippen molar-refractivity contribution < 1.29 is 49.0 Å². The lowest BCUT2D eigenvalue weighted by molar-refractivity contribution is -0.189. The van der Waals surface area contributed by atoms with Crippen molar-refractivity contribution in [2.75, 3.05) is 0 Å². The summed E-state index contributed by atoms with van der Waals surface area (Å²) in [6, 6.07) is -0.832. The molecule has 44 heavy (non-hydrogen) atoms. The summed E-state index contributed by atoms with van der Waals surface area (Å²) in [5.74, 6) is -8.33. The average Bonchev–Trinajstić information content (AvgIpc) is 2.96. The molecule has 0 amide bonds. The summed E-state index contributed by atoms with van der Waals surface area (Å²) >= 11 is 0. The molecule has 0 saturated heterocycles. The summed E-state index contributed by atoms with van der Waals surface area (Å²) in [4.78, 5) is 0. The van der Waals surface area contributed by atoms with Crippen molar-refractivity contribution in [2.45, 2.75) is 89.6 Å². The van der Waals surface area contributed by atoms with E-state index in [-0.39, 0.29) is 23.6 Å². The molecule has 0 heterocycles. The van der Waals surface area contributed by atoms with E-state index in [2.05, 4.69) is 28.5 Å². The Labute approximate surface area is 250 Å². The molecule has 2 aliphatic carbocycles. The number of rotatable bonds is 11. The first-order valence-corrected chi connectivity index (χ1v) is 15.0. The van der Waals surface area contributed by atoms with Crippen LogP contribution < -0.4 is 9.47 Å². The maximum absolute atomic E-state index is 14.9. The van der Waals surface area contributed by atoms with Gasteiger partial charge in [-0.3, -0.25) is 0 Å². The lowest BCUT2D eigenvalue weighted by Crippen LogP contribution is -2.26. The molecule has 242 valence electrons. The summed E-state index contributed by atoms with van der Waals surface area (Å²) in [7, 11) is 0. The molecule has 11 heteroatoms. The zero-order valence-electron chi connectivity index (χ0n) is 24.3. The molecule has 2 aromatic rings. The number of alkyl halides is 2. The molecule has 0 radical (unpaired) electrons. The Morgan fingerprint density at radius 1 is 0.773 bits per heavy atom. The number of benzene rings is 2. The van der Waals surface area contributed by atoms with E-state index < -0.39 is 58.5 Å². The van der Waals surface area contributed by atoms with Crippen LogP contribution in [-0.2, 0) is 6.11 Å². The summed E-state index contributed by atoms with van der Waals surface area (Å²) in [5, 5.41) is 0. The fourth-order valence-corrected chi connectivity index (χ4v) is 6.25. The topological polar surface area (TPSA) is 18.5 Å². The van der Waals surface area contributed by atoms with Crippen LogP contribution in [0, 0.1) is 41.0 Å². The molecule has 0 aromatic heterocycles. The van der Waals surface area contributed by atoms with E-state index in [1.807, 2.05) is 0 Å². The molecule has 4 rings (SSSR count). The Bertz CT molecular complexity index is 1290. The Morgan fingerprint density at radius 3 is 1.80 bits per heavy atom. The van der Waals surface area contributed by atoms with Crippen molar-refractivity contribution >= 4 is 0 Å². The van der Waals surface area contributed by atoms with Crippen LogP contribution in [0.4, 0.5) is 39.5 Å². The monoisotopic (exact) mass is 634 g/mol. The number of hydrogen-bond acceptors (Lipinski definition) is 2. The maximum Gasteiger partial charge on any atom is 0.432 e. The molecule has 0 bridgehead atoms. The van der Waals surface area contributed by atoms with Gasteiger partial charge in [0, 0.05) is 12.1 Å². The van der Waals surface area contributed by atoms with Gasteiger partial charge in [0.1, 0.15) is 22.9 Å². The zero-order chi connectivity index (χ0) is 32.0. The van der Waals surface area contributed by atoms with E-state index in [0.717, 1.165) is 30.9 Å². The number of allylic oxidation sites excluding steroid dienone is 2. The lowest BCUT2D eigenvalue weighted by atomic mass is 9.76. The van der Waals surface area contributed by atoms with Gasteiger partial charge in [-0.2, -0.15) is 22.0 Å². The summed E-state index contributed by atoms with van der Waals surface area (Å²) in [5.41, 5.74) is -1.54. The first-order chi connectivity index (χ1) is 20.9. The highest BCUT2D eigenvalue weighted by molar-refractivity contribution is 5.37. The zero-order valence-corrected chi connectivity index (χ0v) is 24.3. The third-order valence-corrected chi connectivity index (χ3v) is 8.67. The molecule has 2 aromatic carbocycles. The molecule has 2 aliphatic rings. The average molecular weight is 635 g/mol. The van der Waals surface area contributed by atoms with Crippen molar-refractivity contribution in [1.82, 2.24) is 0 Å². The van der Waals surface area contributed by atoms with Gasteiger partial charge in [-0.05, 0) is 92.7 Å². The van der Waals surface area contributed by atoms with Gasteiger partial charge in [-0.15, -0.1) is 0 Å². The molecule has 0 N–H and O–H groups in total. The highest BCUT2D eigenvalue weighted by atomic mass is 19.3. The van der Waals surface area contributed by atoms with Crippen molar-refractivity contribution in [1.29, 1.82) is 0 Å². The molecule has 2 saturated carbocycles. The van der Waals surface area contributed by atoms with Crippen LogP contribution in [0.1, 0.15) is 94.6 Å². The van der Waals surface area contributed by atoms with Crippen LogP contribution in [-0.4, -0.2) is 0 Å². The standard InChI is InChI=1S/C33H35F9O2/c1-2-3-4-19-5-7-20(8-6-19)9-10-21-11-13-22(14-12-21)23-15-25(34)29(26(35)16-23)33(41,42)44-24-17-27(36)30(28(37)18-24)43-32(40)31(38)39/h9-10,15-22H,2-8,11-14H2,1H3. The van der Waals surface area contributed by atoms with Gasteiger partial charge >= 0.3 is 18.2 Å². The van der Waals surface area contributed by atoms with Gasteiger partial charge < -0.3 is 9.47 Å². The molecule has 0 unspecified atom stereocenters. The minimum absolute atomic E-state index is 0.0748. The minimum Gasteiger partial charge on any atom is -0.429 e. The summed E-state index contributed by atoms with van der Waals surface area (Å²) < 4.78 is 133. The second kappa shape index (κ2) is 14.8. The number of hydrogen-bond donors (Lipinski definition) is 0. The SMILES string of the molecule is CCCCC1CCC(C=CC2CCC(c3cc(F)c(C(F)(F)Oc4cc(F)c(OC(F)=C(F)F)c(F)c4)c(F)c3)CC2)CC1. The Morgan fingerprint density at radius 2 is 1.30 bits per heavy atom. The minimum atomic E-state index is -4.72. The first-order valence-electron chi connectivity index (χ1n) is 15.0. The van der Waals surface area contributed by atoms with Gasteiger partial charge in [0.05, 0.1) is 0 Å². The summed E-state index contributed by atoms with van der Waals surface area (Å²) in [6.07, 6.45) is 8.41. The second-order valence-corrected chi connectivity index (χ2v) is 11.8. The largest absolute Gasteiger partial charge is 0.432 e. The third-order valence-electron chi connectivity index (χ3n) is 8.67. The van der Waals surface area contributed by atoms with Crippen LogP contribution >= 0.6 is 0 Å². The van der Waals surface area contributed by atoms with Crippen LogP contribution in [0.3, 0.4) is 0 Å². The van der Waals surface area contributed by atoms with E-state index in [1.165, 1.54) is 44.9 Å². The Hall–Kier alpha value is -3.11. The van der Waals surface area contributed by atoms with Crippen molar-refractivity contribution in [3.05, 3.63) is 82.9 Å². The van der Waals surface area contributed by atoms with Gasteiger partial charge in [0.15, 0.2) is 11.6 Å². The van der Waals surface area contributed by atoms with Crippen LogP contribution in [0.25, 0.3) is 0 Å². The Balaban J connectivity index is 1.37. The van der Waals surface area contributed by atoms with E-state index in [4.69, 9.17) is 0 Å². The molecular weight excluding hydrogens is 599 g/mol. The van der Waals surface area contributed by atoms with Gasteiger partial charge in [0.2, 0.25) is 5.75 Å². The Kier molecular flexibility index (Phi) is 11.3. The fraction of sp³-hybridized carbons (Fsp3) is 0.515. The lowest BCUT2D eigenvalue weighted by Gasteiger charge is -2.29. The van der Waals surface area contributed by atoms with E-state index in [0.29, 0.717) is 24.7 Å². The first kappa shape index (κ1) is 33.8. The predicted octanol–water partition coefficient (Wildman–Crippen LogP) is 11.6. The second-order valence-electron chi connectivity index (χ2n) is 11.8. The van der Waals surface area contributed by atoms with Crippen LogP contribution in [0.2, 0.25) is 0 Å². The summed E-state index contributed by atoms with van der Waals surface area (Å²) in [6.45, 7) is 2.21. The third kappa shape index (κ3) is 8.53. The molecule has 2 nitrogen and oxygen atoms in total. The van der Waals surface area contributed by atoms with E-state index in [1.54, 1.807) is 0 Å². The normalized spacial score (nSPS) is 22.7. The molecule has 0 aliphatic heterocycles.